The van der Waals surface area contributed by atoms with Crippen molar-refractivity contribution in [3.63, 3.8) is 0 Å². The molecule has 0 aliphatic rings. The van der Waals surface area contributed by atoms with Crippen LogP contribution in [0.5, 0.6) is 0 Å². The highest BCUT2D eigenvalue weighted by Crippen LogP contribution is 2.02. The van der Waals surface area contributed by atoms with Gasteiger partial charge < -0.3 is 4.90 Å². The fraction of sp³-hybridized carbons (Fsp3) is 1.00. The summed E-state index contributed by atoms with van der Waals surface area (Å²) in [6, 6.07) is 0. The third-order valence-electron chi connectivity index (χ3n) is 1.39. The van der Waals surface area contributed by atoms with Crippen molar-refractivity contribution in [1.29, 1.82) is 0 Å². The van der Waals surface area contributed by atoms with Crippen molar-refractivity contribution in [3.8, 4) is 0 Å². The summed E-state index contributed by atoms with van der Waals surface area (Å²) in [5, 5.41) is 0. The van der Waals surface area contributed by atoms with Crippen LogP contribution in [0, 0.1) is 5.92 Å². The van der Waals surface area contributed by atoms with Gasteiger partial charge in [0, 0.05) is 0 Å². The highest BCUT2D eigenvalue weighted by Gasteiger charge is 1.93. The Balaban J connectivity index is 0. The quantitative estimate of drug-likeness (QED) is 0.609. The van der Waals surface area contributed by atoms with Crippen molar-refractivity contribution in [3.05, 3.63) is 0 Å². The molecule has 0 aromatic heterocycles. The number of nitrogens with zero attached hydrogens (tertiary/aromatic N) is 1. The second kappa shape index (κ2) is 9.96. The average molecular weight is 159 g/mol. The molecule has 0 aromatic carbocycles. The van der Waals surface area contributed by atoms with Crippen molar-refractivity contribution >= 4 is 0 Å². The lowest BCUT2D eigenvalue weighted by Gasteiger charge is -2.09. The Kier molecular flexibility index (Phi) is 12.3. The molecule has 0 saturated carbocycles. The van der Waals surface area contributed by atoms with Crippen molar-refractivity contribution in [1.82, 2.24) is 4.90 Å². The van der Waals surface area contributed by atoms with E-state index in [1.165, 1.54) is 19.4 Å². The van der Waals surface area contributed by atoms with Gasteiger partial charge in [-0.05, 0) is 39.4 Å². The molecule has 70 valence electrons. The van der Waals surface area contributed by atoms with Crippen molar-refractivity contribution in [2.45, 2.75) is 40.5 Å². The van der Waals surface area contributed by atoms with Gasteiger partial charge in [-0.1, -0.05) is 27.7 Å². The monoisotopic (exact) mass is 159 g/mol. The lowest BCUT2D eigenvalue weighted by molar-refractivity contribution is 0.378. The molecule has 0 atom stereocenters. The van der Waals surface area contributed by atoms with Gasteiger partial charge in [0.1, 0.15) is 0 Å². The summed E-state index contributed by atoms with van der Waals surface area (Å²) >= 11 is 0. The van der Waals surface area contributed by atoms with Gasteiger partial charge in [-0.15, -0.1) is 0 Å². The molecule has 0 N–H and O–H groups in total. The zero-order chi connectivity index (χ0) is 9.28. The number of hydrogen-bond donors (Lipinski definition) is 0. The number of hydrogen-bond acceptors (Lipinski definition) is 1. The van der Waals surface area contributed by atoms with Crippen LogP contribution in [0.4, 0.5) is 0 Å². The minimum atomic E-state index is 0.866. The summed E-state index contributed by atoms with van der Waals surface area (Å²) in [5.74, 6) is 0.866. The van der Waals surface area contributed by atoms with E-state index in [9.17, 15) is 0 Å². The molecule has 0 unspecified atom stereocenters. The van der Waals surface area contributed by atoms with E-state index < -0.39 is 0 Å². The maximum Gasteiger partial charge on any atom is -0.00247 e. The molecule has 0 bridgehead atoms. The molecule has 1 heteroatoms. The van der Waals surface area contributed by atoms with Gasteiger partial charge in [0.05, 0.1) is 0 Å². The van der Waals surface area contributed by atoms with Gasteiger partial charge in [-0.25, -0.2) is 0 Å². The molecular formula is C10H25N. The van der Waals surface area contributed by atoms with Gasteiger partial charge in [-0.2, -0.15) is 0 Å². The molecule has 0 aliphatic heterocycles. The van der Waals surface area contributed by atoms with Crippen LogP contribution in [0.3, 0.4) is 0 Å². The summed E-state index contributed by atoms with van der Waals surface area (Å²) in [6.45, 7) is 9.78. The highest BCUT2D eigenvalue weighted by atomic mass is 15.0. The van der Waals surface area contributed by atoms with Crippen LogP contribution in [0.15, 0.2) is 0 Å². The van der Waals surface area contributed by atoms with E-state index in [1.807, 2.05) is 13.8 Å². The first kappa shape index (κ1) is 13.5. The summed E-state index contributed by atoms with van der Waals surface area (Å²) in [7, 11) is 4.25. The SMILES string of the molecule is CC.CC(C)CCCN(C)C. The van der Waals surface area contributed by atoms with Gasteiger partial charge in [0.2, 0.25) is 0 Å². The second-order valence-corrected chi connectivity index (χ2v) is 3.34. The first-order valence-electron chi connectivity index (χ1n) is 4.77. The third-order valence-corrected chi connectivity index (χ3v) is 1.39. The zero-order valence-electron chi connectivity index (χ0n) is 9.15. The van der Waals surface area contributed by atoms with Gasteiger partial charge >= 0.3 is 0 Å². The Morgan fingerprint density at radius 3 is 1.82 bits per heavy atom. The fourth-order valence-electron chi connectivity index (χ4n) is 0.816. The lowest BCUT2D eigenvalue weighted by atomic mass is 10.1. The minimum Gasteiger partial charge on any atom is -0.309 e. The minimum absolute atomic E-state index is 0.866. The van der Waals surface area contributed by atoms with Crippen LogP contribution in [0.2, 0.25) is 0 Å². The van der Waals surface area contributed by atoms with Gasteiger partial charge in [-0.3, -0.25) is 0 Å². The third kappa shape index (κ3) is 17.8. The van der Waals surface area contributed by atoms with E-state index in [4.69, 9.17) is 0 Å². The van der Waals surface area contributed by atoms with Crippen LogP contribution in [0.25, 0.3) is 0 Å². The summed E-state index contributed by atoms with van der Waals surface area (Å²) < 4.78 is 0. The summed E-state index contributed by atoms with van der Waals surface area (Å²) in [4.78, 5) is 2.24. The number of rotatable bonds is 4. The van der Waals surface area contributed by atoms with E-state index in [-0.39, 0.29) is 0 Å². The highest BCUT2D eigenvalue weighted by molar-refractivity contribution is 4.48. The molecule has 0 amide bonds. The molecule has 0 heterocycles. The molecule has 0 radical (unpaired) electrons. The van der Waals surface area contributed by atoms with Crippen LogP contribution in [0.1, 0.15) is 40.5 Å². The maximum absolute atomic E-state index is 2.27. The standard InChI is InChI=1S/C8H19N.C2H6/c1-8(2)6-5-7-9(3)4;1-2/h8H,5-7H2,1-4H3;1-2H3. The van der Waals surface area contributed by atoms with E-state index in [0.717, 1.165) is 5.92 Å². The van der Waals surface area contributed by atoms with Crippen molar-refractivity contribution in [2.75, 3.05) is 20.6 Å². The van der Waals surface area contributed by atoms with Crippen LogP contribution in [-0.4, -0.2) is 25.5 Å². The average Bonchev–Trinajstić information content (AvgIpc) is 1.90. The molecule has 11 heavy (non-hydrogen) atoms. The van der Waals surface area contributed by atoms with Gasteiger partial charge in [0.25, 0.3) is 0 Å². The molecule has 0 spiro atoms. The van der Waals surface area contributed by atoms with E-state index in [0.29, 0.717) is 0 Å². The Morgan fingerprint density at radius 2 is 1.55 bits per heavy atom. The Morgan fingerprint density at radius 1 is 1.09 bits per heavy atom. The summed E-state index contributed by atoms with van der Waals surface area (Å²) in [6.07, 6.45) is 2.70. The predicted octanol–water partition coefficient (Wildman–Crippen LogP) is 3.01. The lowest BCUT2D eigenvalue weighted by Crippen LogP contribution is -2.13. The molecular weight excluding hydrogens is 134 g/mol. The van der Waals surface area contributed by atoms with E-state index in [2.05, 4.69) is 32.8 Å². The molecule has 0 rings (SSSR count). The van der Waals surface area contributed by atoms with E-state index >= 15 is 0 Å². The molecule has 1 nitrogen and oxygen atoms in total. The molecule has 0 aliphatic carbocycles. The first-order chi connectivity index (χ1) is 5.13. The topological polar surface area (TPSA) is 3.24 Å². The largest absolute Gasteiger partial charge is 0.309 e. The Bertz CT molecular complexity index is 49.9. The summed E-state index contributed by atoms with van der Waals surface area (Å²) in [5.41, 5.74) is 0. The zero-order valence-corrected chi connectivity index (χ0v) is 9.15. The Labute approximate surface area is 72.8 Å². The second-order valence-electron chi connectivity index (χ2n) is 3.34. The molecule has 0 saturated heterocycles. The van der Waals surface area contributed by atoms with Crippen LogP contribution < -0.4 is 0 Å². The van der Waals surface area contributed by atoms with Crippen LogP contribution in [-0.2, 0) is 0 Å². The van der Waals surface area contributed by atoms with Crippen molar-refractivity contribution in [2.24, 2.45) is 5.92 Å². The Hall–Kier alpha value is -0.0400. The molecule has 0 fully saturated rings. The smallest absolute Gasteiger partial charge is 0.00247 e. The van der Waals surface area contributed by atoms with Gasteiger partial charge in [0.15, 0.2) is 0 Å². The van der Waals surface area contributed by atoms with E-state index in [1.54, 1.807) is 0 Å². The maximum atomic E-state index is 2.27. The van der Waals surface area contributed by atoms with Crippen LogP contribution >= 0.6 is 0 Å². The normalized spacial score (nSPS) is 9.82. The predicted molar refractivity (Wildman–Crippen MR) is 54.0 cm³/mol. The van der Waals surface area contributed by atoms with Crippen molar-refractivity contribution < 1.29 is 0 Å². The first-order valence-corrected chi connectivity index (χ1v) is 4.77. The molecule has 0 aromatic rings. The fourth-order valence-corrected chi connectivity index (χ4v) is 0.816.